The molecule has 2 rings (SSSR count). The van der Waals surface area contributed by atoms with Crippen molar-refractivity contribution < 1.29 is 4.79 Å². The summed E-state index contributed by atoms with van der Waals surface area (Å²) in [6.45, 7) is 1.01. The molecule has 19 heavy (non-hydrogen) atoms. The molecule has 0 N–H and O–H groups in total. The first-order valence-corrected chi connectivity index (χ1v) is 7.75. The number of halogens is 1. The van der Waals surface area contributed by atoms with E-state index in [0.717, 1.165) is 30.1 Å². The molecule has 0 heterocycles. The van der Waals surface area contributed by atoms with Crippen LogP contribution in [0.3, 0.4) is 0 Å². The van der Waals surface area contributed by atoms with Crippen LogP contribution in [0.4, 0.5) is 0 Å². The number of benzene rings is 1. The minimum Gasteiger partial charge on any atom is -0.305 e. The highest BCUT2D eigenvalue weighted by Crippen LogP contribution is 2.21. The van der Waals surface area contributed by atoms with Gasteiger partial charge in [-0.25, -0.2) is 0 Å². The van der Waals surface area contributed by atoms with E-state index in [1.807, 2.05) is 0 Å². The predicted octanol–water partition coefficient (Wildman–Crippen LogP) is 4.28. The van der Waals surface area contributed by atoms with Crippen LogP contribution in [-0.2, 0) is 11.3 Å². The second kappa shape index (κ2) is 9.27. The Balaban J connectivity index is 0.000000200. The summed E-state index contributed by atoms with van der Waals surface area (Å²) >= 11 is 3.40. The van der Waals surface area contributed by atoms with Gasteiger partial charge in [0.2, 0.25) is 0 Å². The van der Waals surface area contributed by atoms with E-state index < -0.39 is 0 Å². The van der Waals surface area contributed by atoms with Gasteiger partial charge in [-0.3, -0.25) is 0 Å². The number of rotatable bonds is 3. The molecule has 0 atom stereocenters. The van der Waals surface area contributed by atoms with E-state index in [9.17, 15) is 4.79 Å². The number of carbonyl (C=O) groups is 1. The topological polar surface area (TPSA) is 20.3 Å². The molecule has 3 heteroatoms. The molecule has 0 unspecified atom stereocenters. The van der Waals surface area contributed by atoms with Crippen LogP contribution in [0.5, 0.6) is 0 Å². The van der Waals surface area contributed by atoms with Crippen molar-refractivity contribution in [2.45, 2.75) is 38.6 Å². The van der Waals surface area contributed by atoms with E-state index in [-0.39, 0.29) is 0 Å². The van der Waals surface area contributed by atoms with Gasteiger partial charge in [0, 0.05) is 16.9 Å². The van der Waals surface area contributed by atoms with Crippen LogP contribution in [-0.4, -0.2) is 25.3 Å². The summed E-state index contributed by atoms with van der Waals surface area (Å²) in [5.41, 5.74) is 1.35. The van der Waals surface area contributed by atoms with Crippen LogP contribution in [0, 0.1) is 5.92 Å². The van der Waals surface area contributed by atoms with Gasteiger partial charge in [0.05, 0.1) is 0 Å². The lowest BCUT2D eigenvalue weighted by atomic mass is 9.91. The standard InChI is InChI=1S/C9H12BrN.C7H12O/c1-11(2)7-8-3-5-9(10)6-4-8;8-6-7-4-2-1-3-5-7/h3-6H,7H2,1-2H3;6-7H,1-5H2. The smallest absolute Gasteiger partial charge is 0.123 e. The van der Waals surface area contributed by atoms with Crippen LogP contribution in [0.2, 0.25) is 0 Å². The lowest BCUT2D eigenvalue weighted by Crippen LogP contribution is -2.10. The third-order valence-electron chi connectivity index (χ3n) is 3.25. The summed E-state index contributed by atoms with van der Waals surface area (Å²) in [6.07, 6.45) is 7.27. The van der Waals surface area contributed by atoms with E-state index in [4.69, 9.17) is 0 Å². The molecule has 0 bridgehead atoms. The Hall–Kier alpha value is -0.670. The average molecular weight is 326 g/mol. The minimum atomic E-state index is 0.406. The SMILES string of the molecule is CN(C)Cc1ccc(Br)cc1.O=CC1CCCCC1. The third kappa shape index (κ3) is 7.48. The first-order chi connectivity index (χ1) is 9.11. The quantitative estimate of drug-likeness (QED) is 0.773. The van der Waals surface area contributed by atoms with Crippen molar-refractivity contribution >= 4 is 22.2 Å². The first-order valence-electron chi connectivity index (χ1n) is 6.96. The zero-order valence-electron chi connectivity index (χ0n) is 11.9. The first kappa shape index (κ1) is 16.4. The molecule has 0 radical (unpaired) electrons. The van der Waals surface area contributed by atoms with Crippen molar-refractivity contribution in [1.29, 1.82) is 0 Å². The summed E-state index contributed by atoms with van der Waals surface area (Å²) in [4.78, 5) is 12.3. The molecule has 1 aromatic rings. The summed E-state index contributed by atoms with van der Waals surface area (Å²) in [5, 5.41) is 0. The maximum atomic E-state index is 10.2. The molecule has 0 amide bonds. The van der Waals surface area contributed by atoms with Crippen molar-refractivity contribution in [3.8, 4) is 0 Å². The Labute approximate surface area is 125 Å². The van der Waals surface area contributed by atoms with E-state index >= 15 is 0 Å². The van der Waals surface area contributed by atoms with Crippen LogP contribution < -0.4 is 0 Å². The monoisotopic (exact) mass is 325 g/mol. The van der Waals surface area contributed by atoms with Gasteiger partial charge < -0.3 is 9.69 Å². The van der Waals surface area contributed by atoms with Crippen molar-refractivity contribution in [2.75, 3.05) is 14.1 Å². The van der Waals surface area contributed by atoms with Crippen molar-refractivity contribution in [3.63, 3.8) is 0 Å². The Morgan fingerprint density at radius 3 is 2.16 bits per heavy atom. The number of aldehydes is 1. The maximum Gasteiger partial charge on any atom is 0.123 e. The van der Waals surface area contributed by atoms with Gasteiger partial charge in [-0.15, -0.1) is 0 Å². The Morgan fingerprint density at radius 2 is 1.74 bits per heavy atom. The lowest BCUT2D eigenvalue weighted by molar-refractivity contribution is -0.111. The van der Waals surface area contributed by atoms with Crippen LogP contribution in [0.1, 0.15) is 37.7 Å². The highest BCUT2D eigenvalue weighted by molar-refractivity contribution is 9.10. The van der Waals surface area contributed by atoms with Gasteiger partial charge in [-0.1, -0.05) is 47.3 Å². The fourth-order valence-corrected chi connectivity index (χ4v) is 2.49. The lowest BCUT2D eigenvalue weighted by Gasteiger charge is -2.14. The Kier molecular flexibility index (Phi) is 7.99. The van der Waals surface area contributed by atoms with Gasteiger partial charge >= 0.3 is 0 Å². The second-order valence-corrected chi connectivity index (χ2v) is 6.31. The van der Waals surface area contributed by atoms with Gasteiger partial charge in [-0.05, 0) is 44.6 Å². The molecule has 0 saturated heterocycles. The van der Waals surface area contributed by atoms with Crippen LogP contribution >= 0.6 is 15.9 Å². The van der Waals surface area contributed by atoms with Gasteiger partial charge in [0.15, 0.2) is 0 Å². The van der Waals surface area contributed by atoms with Crippen molar-refractivity contribution in [2.24, 2.45) is 5.92 Å². The summed E-state index contributed by atoms with van der Waals surface area (Å²) in [6, 6.07) is 8.39. The molecule has 1 aromatic carbocycles. The van der Waals surface area contributed by atoms with Crippen molar-refractivity contribution in [1.82, 2.24) is 4.90 Å². The predicted molar refractivity (Wildman–Crippen MR) is 84.2 cm³/mol. The van der Waals surface area contributed by atoms with Crippen LogP contribution in [0.15, 0.2) is 28.7 Å². The largest absolute Gasteiger partial charge is 0.305 e. The molecule has 1 aliphatic carbocycles. The summed E-state index contributed by atoms with van der Waals surface area (Å²) < 4.78 is 1.14. The fraction of sp³-hybridized carbons (Fsp3) is 0.562. The van der Waals surface area contributed by atoms with Gasteiger partial charge in [0.25, 0.3) is 0 Å². The zero-order valence-corrected chi connectivity index (χ0v) is 13.5. The normalized spacial score (nSPS) is 15.8. The molecule has 0 aliphatic heterocycles. The molecule has 0 aromatic heterocycles. The number of nitrogens with zero attached hydrogens (tertiary/aromatic N) is 1. The molecule has 1 aliphatic rings. The van der Waals surface area contributed by atoms with Crippen LogP contribution in [0.25, 0.3) is 0 Å². The molecular weight excluding hydrogens is 302 g/mol. The molecule has 1 fully saturated rings. The highest BCUT2D eigenvalue weighted by Gasteiger charge is 2.10. The number of hydrogen-bond donors (Lipinski definition) is 0. The number of hydrogen-bond acceptors (Lipinski definition) is 2. The van der Waals surface area contributed by atoms with E-state index in [1.54, 1.807) is 0 Å². The fourth-order valence-electron chi connectivity index (χ4n) is 2.23. The summed E-state index contributed by atoms with van der Waals surface area (Å²) in [7, 11) is 4.14. The highest BCUT2D eigenvalue weighted by atomic mass is 79.9. The molecular formula is C16H24BrNO. The zero-order chi connectivity index (χ0) is 14.1. The average Bonchev–Trinajstić information content (AvgIpc) is 2.42. The molecule has 2 nitrogen and oxygen atoms in total. The molecule has 1 saturated carbocycles. The molecule has 106 valence electrons. The van der Waals surface area contributed by atoms with E-state index in [1.165, 1.54) is 24.8 Å². The summed E-state index contributed by atoms with van der Waals surface area (Å²) in [5.74, 6) is 0.406. The van der Waals surface area contributed by atoms with E-state index in [0.29, 0.717) is 5.92 Å². The molecule has 0 spiro atoms. The van der Waals surface area contributed by atoms with Gasteiger partial charge in [0.1, 0.15) is 6.29 Å². The third-order valence-corrected chi connectivity index (χ3v) is 3.78. The maximum absolute atomic E-state index is 10.2. The Bertz CT molecular complexity index is 356. The second-order valence-electron chi connectivity index (χ2n) is 5.40. The van der Waals surface area contributed by atoms with Crippen molar-refractivity contribution in [3.05, 3.63) is 34.3 Å². The number of carbonyl (C=O) groups excluding carboxylic acids is 1. The van der Waals surface area contributed by atoms with E-state index in [2.05, 4.69) is 59.2 Å². The minimum absolute atomic E-state index is 0.406. The van der Waals surface area contributed by atoms with Gasteiger partial charge in [-0.2, -0.15) is 0 Å². The Morgan fingerprint density at radius 1 is 1.16 bits per heavy atom.